The molecule has 0 heterocycles. The van der Waals surface area contributed by atoms with E-state index in [1.165, 1.54) is 0 Å². The molecule has 0 aromatic heterocycles. The fraction of sp³-hybridized carbons (Fsp3) is 0.525. The molecule has 0 saturated heterocycles. The van der Waals surface area contributed by atoms with Crippen molar-refractivity contribution in [1.82, 2.24) is 0 Å². The first-order chi connectivity index (χ1) is 23.1. The average molecular weight is 668 g/mol. The number of carboxylic acids is 1. The molecular weight excluding hydrogens is 606 g/mol. The smallest absolute Gasteiger partial charge is 0.309 e. The van der Waals surface area contributed by atoms with Gasteiger partial charge in [-0.3, -0.25) is 9.59 Å². The molecule has 0 spiro atoms. The van der Waals surface area contributed by atoms with Crippen LogP contribution < -0.4 is 5.11 Å². The second-order valence-corrected chi connectivity index (χ2v) is 12.1. The first-order valence-electron chi connectivity index (χ1n) is 17.3. The van der Waals surface area contributed by atoms with Crippen molar-refractivity contribution in [2.24, 2.45) is 0 Å². The van der Waals surface area contributed by atoms with Crippen LogP contribution in [-0.2, 0) is 28.6 Å². The highest BCUT2D eigenvalue weighted by molar-refractivity contribution is 5.71. The number of nitrogens with zero attached hydrogens (tertiary/aromatic N) is 1. The summed E-state index contributed by atoms with van der Waals surface area (Å²) in [5.74, 6) is -1.97. The van der Waals surface area contributed by atoms with Crippen LogP contribution in [0.2, 0.25) is 0 Å². The summed E-state index contributed by atoms with van der Waals surface area (Å²) in [6, 6.07) is -0.749. The summed E-state index contributed by atoms with van der Waals surface area (Å²) in [4.78, 5) is 36.4. The molecule has 0 aliphatic rings. The number of hydrogen-bond donors (Lipinski definition) is 0. The minimum atomic E-state index is -1.15. The molecule has 0 aromatic carbocycles. The number of carbonyl (C=O) groups excluding carboxylic acids is 3. The maximum Gasteiger partial charge on any atom is 0.309 e. The predicted molar refractivity (Wildman–Crippen MR) is 194 cm³/mol. The molecule has 0 radical (unpaired) electrons. The highest BCUT2D eigenvalue weighted by atomic mass is 16.6. The molecule has 0 amide bonds. The summed E-state index contributed by atoms with van der Waals surface area (Å²) in [5, 5.41) is 11.5. The molecule has 2 unspecified atom stereocenters. The van der Waals surface area contributed by atoms with Crippen LogP contribution in [0, 0.1) is 0 Å². The Labute approximate surface area is 290 Å². The van der Waals surface area contributed by atoms with E-state index in [1.807, 2.05) is 60.8 Å². The van der Waals surface area contributed by atoms with Gasteiger partial charge < -0.3 is 28.6 Å². The van der Waals surface area contributed by atoms with Crippen molar-refractivity contribution in [1.29, 1.82) is 0 Å². The zero-order valence-electron chi connectivity index (χ0n) is 30.1. The monoisotopic (exact) mass is 667 g/mol. The quantitative estimate of drug-likeness (QED) is 0.0289. The highest BCUT2D eigenvalue weighted by Crippen LogP contribution is 2.10. The van der Waals surface area contributed by atoms with E-state index in [4.69, 9.17) is 14.2 Å². The van der Waals surface area contributed by atoms with Gasteiger partial charge in [-0.15, -0.1) is 0 Å². The van der Waals surface area contributed by atoms with E-state index in [2.05, 4.69) is 44.2 Å². The zero-order valence-corrected chi connectivity index (χ0v) is 30.1. The largest absolute Gasteiger partial charge is 0.544 e. The van der Waals surface area contributed by atoms with Crippen molar-refractivity contribution >= 4 is 17.9 Å². The Morgan fingerprint density at radius 2 is 1.25 bits per heavy atom. The fourth-order valence-electron chi connectivity index (χ4n) is 4.21. The lowest BCUT2D eigenvalue weighted by molar-refractivity contribution is -0.889. The molecule has 48 heavy (non-hydrogen) atoms. The topological polar surface area (TPSA) is 102 Å². The number of unbranched alkanes of at least 4 members (excludes halogenated alkanes) is 3. The van der Waals surface area contributed by atoms with Gasteiger partial charge in [0.15, 0.2) is 6.10 Å². The van der Waals surface area contributed by atoms with Gasteiger partial charge in [0, 0.05) is 12.8 Å². The van der Waals surface area contributed by atoms with Gasteiger partial charge in [-0.1, -0.05) is 117 Å². The van der Waals surface area contributed by atoms with Gasteiger partial charge in [0.05, 0.1) is 46.7 Å². The minimum absolute atomic E-state index is 0.0112. The van der Waals surface area contributed by atoms with Crippen LogP contribution in [0.5, 0.6) is 0 Å². The number of carbonyl (C=O) groups is 3. The molecule has 268 valence electrons. The second-order valence-electron chi connectivity index (χ2n) is 12.1. The minimum Gasteiger partial charge on any atom is -0.544 e. The van der Waals surface area contributed by atoms with Crippen LogP contribution in [-0.4, -0.2) is 75.5 Å². The lowest BCUT2D eigenvalue weighted by atomic mass is 10.1. The van der Waals surface area contributed by atoms with E-state index in [1.54, 1.807) is 27.2 Å². The summed E-state index contributed by atoms with van der Waals surface area (Å²) < 4.78 is 16.8. The number of aliphatic carboxylic acids is 1. The summed E-state index contributed by atoms with van der Waals surface area (Å²) in [7, 11) is 5.33. The summed E-state index contributed by atoms with van der Waals surface area (Å²) in [6.07, 6.45) is 39.1. The average Bonchev–Trinajstić information content (AvgIpc) is 3.03. The van der Waals surface area contributed by atoms with E-state index in [-0.39, 0.29) is 49.5 Å². The Morgan fingerprint density at radius 1 is 0.667 bits per heavy atom. The Morgan fingerprint density at radius 3 is 1.85 bits per heavy atom. The molecule has 0 rings (SSSR count). The van der Waals surface area contributed by atoms with Crippen molar-refractivity contribution in [2.75, 3.05) is 41.0 Å². The lowest BCUT2D eigenvalue weighted by Crippen LogP contribution is -2.55. The highest BCUT2D eigenvalue weighted by Gasteiger charge is 2.25. The summed E-state index contributed by atoms with van der Waals surface area (Å²) >= 11 is 0. The number of ether oxygens (including phenoxy) is 3. The first-order valence-corrected chi connectivity index (χ1v) is 17.3. The lowest BCUT2D eigenvalue weighted by Gasteiger charge is -2.34. The first kappa shape index (κ1) is 44.2. The number of hydrogen-bond acceptors (Lipinski definition) is 7. The molecule has 0 bridgehead atoms. The molecular formula is C40H61NO7. The van der Waals surface area contributed by atoms with Crippen LogP contribution in [0.4, 0.5) is 0 Å². The van der Waals surface area contributed by atoms with Crippen molar-refractivity contribution in [2.45, 2.75) is 96.6 Å². The van der Waals surface area contributed by atoms with Crippen LogP contribution in [0.1, 0.15) is 84.5 Å². The van der Waals surface area contributed by atoms with Gasteiger partial charge >= 0.3 is 11.9 Å². The summed E-state index contributed by atoms with van der Waals surface area (Å²) in [5.41, 5.74) is 0. The van der Waals surface area contributed by atoms with Gasteiger partial charge in [0.25, 0.3) is 0 Å². The van der Waals surface area contributed by atoms with E-state index in [0.29, 0.717) is 6.42 Å². The van der Waals surface area contributed by atoms with E-state index >= 15 is 0 Å². The van der Waals surface area contributed by atoms with Crippen molar-refractivity contribution in [3.05, 3.63) is 97.2 Å². The van der Waals surface area contributed by atoms with Crippen LogP contribution >= 0.6 is 0 Å². The second kappa shape index (κ2) is 30.6. The molecule has 0 aromatic rings. The predicted octanol–water partition coefficient (Wildman–Crippen LogP) is 7.06. The third-order valence-electron chi connectivity index (χ3n) is 6.88. The van der Waals surface area contributed by atoms with E-state index < -0.39 is 24.1 Å². The molecule has 0 N–H and O–H groups in total. The number of likely N-dealkylation sites (N-methyl/N-ethyl adjacent to an activating group) is 1. The van der Waals surface area contributed by atoms with E-state index in [0.717, 1.165) is 44.9 Å². The number of carboxylic acid groups (broad SMARTS) is 1. The molecule has 2 atom stereocenters. The SMILES string of the molecule is CC/C=C/C=C/C=C/C=C/C=C/CCCCCC(=O)OC(COCCC(C(=O)[O-])[N+](C)(C)C)COC(=O)C/C=C/C/C=C/C/C=C/CC. The standard InChI is InChI=1S/C40H61NO7/c1-6-8-10-12-14-16-17-18-19-20-21-23-25-27-29-31-39(43)48-36(34-46-33-32-37(40(44)45)41(3,4)5)35-47-38(42)30-28-26-24-22-15-13-11-9-7-2/h8-12,14-22,26,28,36-37H,6-7,13,23-25,27,29-35H2,1-5H3/b10-8+,11-9+,14-12+,17-16+,19-18+,21-20+,22-15+,28-26+. The Bertz CT molecular complexity index is 1100. The number of quaternary nitrogens is 1. The molecule has 0 fully saturated rings. The van der Waals surface area contributed by atoms with Crippen LogP contribution in [0.25, 0.3) is 0 Å². The van der Waals surface area contributed by atoms with Crippen molar-refractivity contribution in [3.63, 3.8) is 0 Å². The van der Waals surface area contributed by atoms with Crippen LogP contribution in [0.15, 0.2) is 97.2 Å². The fourth-order valence-corrected chi connectivity index (χ4v) is 4.21. The van der Waals surface area contributed by atoms with Gasteiger partial charge in [0.1, 0.15) is 12.6 Å². The van der Waals surface area contributed by atoms with E-state index in [9.17, 15) is 19.5 Å². The van der Waals surface area contributed by atoms with Crippen molar-refractivity contribution in [3.8, 4) is 0 Å². The van der Waals surface area contributed by atoms with Gasteiger partial charge in [-0.2, -0.15) is 0 Å². The number of rotatable bonds is 28. The Balaban J connectivity index is 4.68. The Hall–Kier alpha value is -3.75. The zero-order chi connectivity index (χ0) is 35.7. The third kappa shape index (κ3) is 28.5. The maximum absolute atomic E-state index is 12.6. The molecule has 8 nitrogen and oxygen atoms in total. The maximum atomic E-state index is 12.6. The summed E-state index contributed by atoms with van der Waals surface area (Å²) in [6.45, 7) is 4.18. The number of esters is 2. The van der Waals surface area contributed by atoms with Gasteiger partial charge in [-0.25, -0.2) is 0 Å². The molecule has 0 aliphatic carbocycles. The van der Waals surface area contributed by atoms with Crippen molar-refractivity contribution < 1.29 is 38.2 Å². The third-order valence-corrected chi connectivity index (χ3v) is 6.88. The van der Waals surface area contributed by atoms with Gasteiger partial charge in [0.2, 0.25) is 0 Å². The van der Waals surface area contributed by atoms with Crippen LogP contribution in [0.3, 0.4) is 0 Å². The van der Waals surface area contributed by atoms with Gasteiger partial charge in [-0.05, 0) is 44.9 Å². The molecule has 8 heteroatoms. The Kier molecular flexibility index (Phi) is 28.2. The number of allylic oxidation sites excluding steroid dienone is 15. The molecule has 0 aliphatic heterocycles. The normalized spacial score (nSPS) is 14.3. The molecule has 0 saturated carbocycles.